The van der Waals surface area contributed by atoms with Gasteiger partial charge in [0.1, 0.15) is 5.52 Å². The zero-order valence-electron chi connectivity index (χ0n) is 12.1. The molecule has 21 heavy (non-hydrogen) atoms. The average molecular weight is 286 g/mol. The Morgan fingerprint density at radius 2 is 2.00 bits per heavy atom. The molecule has 0 amide bonds. The van der Waals surface area contributed by atoms with Crippen LogP contribution >= 0.6 is 0 Å². The van der Waals surface area contributed by atoms with Crippen molar-refractivity contribution < 1.29 is 4.79 Å². The molecule has 1 aliphatic heterocycles. The van der Waals surface area contributed by atoms with Gasteiger partial charge < -0.3 is 15.2 Å². The highest BCUT2D eigenvalue weighted by Gasteiger charge is 2.23. The van der Waals surface area contributed by atoms with E-state index in [2.05, 4.69) is 34.0 Å². The van der Waals surface area contributed by atoms with E-state index >= 15 is 0 Å². The number of nitrogens with zero attached hydrogens (tertiary/aromatic N) is 2. The lowest BCUT2D eigenvalue weighted by molar-refractivity contribution is 0.112. The van der Waals surface area contributed by atoms with E-state index in [1.54, 1.807) is 6.07 Å². The standard InChI is InChI=1S/C15H18N4O2/c1-9-6-19(7-10(2)17-9)12-4-3-11(8-20)14-15(12)16-5-13(21)18-14/h3-5,8-10,17H,6-7H2,1-2H3,(H,18,21). The van der Waals surface area contributed by atoms with E-state index in [0.717, 1.165) is 25.1 Å². The van der Waals surface area contributed by atoms with E-state index in [-0.39, 0.29) is 5.56 Å². The first kappa shape index (κ1) is 13.8. The number of H-pyrrole nitrogens is 1. The third-order valence-electron chi connectivity index (χ3n) is 3.77. The minimum atomic E-state index is -0.301. The highest BCUT2D eigenvalue weighted by Crippen LogP contribution is 2.26. The zero-order valence-corrected chi connectivity index (χ0v) is 12.1. The predicted molar refractivity (Wildman–Crippen MR) is 82.0 cm³/mol. The first-order valence-corrected chi connectivity index (χ1v) is 7.06. The molecule has 2 heterocycles. The number of carbonyl (C=O) groups excluding carboxylic acids is 1. The predicted octanol–water partition coefficient (Wildman–Crippen LogP) is 0.922. The van der Waals surface area contributed by atoms with Gasteiger partial charge in [-0.3, -0.25) is 9.59 Å². The van der Waals surface area contributed by atoms with Crippen LogP contribution in [-0.4, -0.2) is 41.4 Å². The molecule has 1 fully saturated rings. The molecule has 1 aromatic heterocycles. The van der Waals surface area contributed by atoms with E-state index in [0.29, 0.717) is 28.7 Å². The summed E-state index contributed by atoms with van der Waals surface area (Å²) in [7, 11) is 0. The molecule has 0 saturated carbocycles. The third kappa shape index (κ3) is 2.54. The summed E-state index contributed by atoms with van der Waals surface area (Å²) in [4.78, 5) is 31.8. The average Bonchev–Trinajstić information content (AvgIpc) is 2.44. The second-order valence-electron chi connectivity index (χ2n) is 5.64. The number of fused-ring (bicyclic) bond motifs is 1. The fourth-order valence-corrected chi connectivity index (χ4v) is 3.01. The molecule has 0 bridgehead atoms. The van der Waals surface area contributed by atoms with Gasteiger partial charge in [-0.05, 0) is 26.0 Å². The minimum Gasteiger partial charge on any atom is -0.367 e. The van der Waals surface area contributed by atoms with Gasteiger partial charge in [0.15, 0.2) is 6.29 Å². The normalized spacial score (nSPS) is 22.5. The van der Waals surface area contributed by atoms with Crippen LogP contribution in [0, 0.1) is 0 Å². The molecule has 2 aromatic rings. The molecule has 0 spiro atoms. The molecule has 2 atom stereocenters. The van der Waals surface area contributed by atoms with E-state index in [1.165, 1.54) is 6.20 Å². The SMILES string of the molecule is CC1CN(c2ccc(C=O)c3[nH]c(=O)cnc23)CC(C)N1. The van der Waals surface area contributed by atoms with Crippen LogP contribution < -0.4 is 15.8 Å². The second-order valence-corrected chi connectivity index (χ2v) is 5.64. The van der Waals surface area contributed by atoms with Crippen LogP contribution in [0.15, 0.2) is 23.1 Å². The Kier molecular flexibility index (Phi) is 3.47. The van der Waals surface area contributed by atoms with Crippen molar-refractivity contribution in [3.63, 3.8) is 0 Å². The van der Waals surface area contributed by atoms with Crippen LogP contribution in [0.3, 0.4) is 0 Å². The first-order valence-electron chi connectivity index (χ1n) is 7.06. The Morgan fingerprint density at radius 3 is 2.67 bits per heavy atom. The summed E-state index contributed by atoms with van der Waals surface area (Å²) in [6.45, 7) is 6.00. The Morgan fingerprint density at radius 1 is 1.29 bits per heavy atom. The molecule has 1 aliphatic rings. The summed E-state index contributed by atoms with van der Waals surface area (Å²) in [5.41, 5.74) is 2.28. The van der Waals surface area contributed by atoms with Crippen molar-refractivity contribution >= 4 is 23.0 Å². The van der Waals surface area contributed by atoms with E-state index in [4.69, 9.17) is 0 Å². The minimum absolute atomic E-state index is 0.301. The van der Waals surface area contributed by atoms with E-state index < -0.39 is 0 Å². The molecule has 1 aromatic carbocycles. The largest absolute Gasteiger partial charge is 0.367 e. The lowest BCUT2D eigenvalue weighted by atomic mass is 10.1. The zero-order chi connectivity index (χ0) is 15.0. The molecule has 6 nitrogen and oxygen atoms in total. The lowest BCUT2D eigenvalue weighted by Gasteiger charge is -2.38. The van der Waals surface area contributed by atoms with Gasteiger partial charge in [0.2, 0.25) is 0 Å². The number of hydrogen-bond acceptors (Lipinski definition) is 5. The van der Waals surface area contributed by atoms with Crippen LogP contribution in [0.2, 0.25) is 0 Å². The summed E-state index contributed by atoms with van der Waals surface area (Å²) in [5.74, 6) is 0. The smallest absolute Gasteiger partial charge is 0.266 e. The monoisotopic (exact) mass is 286 g/mol. The topological polar surface area (TPSA) is 78.1 Å². The summed E-state index contributed by atoms with van der Waals surface area (Å²) in [5, 5.41) is 3.48. The van der Waals surface area contributed by atoms with Crippen molar-refractivity contribution in [2.24, 2.45) is 0 Å². The fourth-order valence-electron chi connectivity index (χ4n) is 3.01. The number of carbonyl (C=O) groups is 1. The quantitative estimate of drug-likeness (QED) is 0.803. The molecule has 0 radical (unpaired) electrons. The van der Waals surface area contributed by atoms with Gasteiger partial charge in [-0.15, -0.1) is 0 Å². The van der Waals surface area contributed by atoms with Crippen LogP contribution in [-0.2, 0) is 0 Å². The summed E-state index contributed by atoms with van der Waals surface area (Å²) in [6, 6.07) is 4.39. The maximum atomic E-state index is 11.5. The van der Waals surface area contributed by atoms with E-state index in [1.807, 2.05) is 6.07 Å². The van der Waals surface area contributed by atoms with E-state index in [9.17, 15) is 9.59 Å². The molecule has 2 N–H and O–H groups in total. The van der Waals surface area contributed by atoms with Crippen LogP contribution in [0.5, 0.6) is 0 Å². The number of piperazine rings is 1. The Hall–Kier alpha value is -2.21. The number of hydrogen-bond donors (Lipinski definition) is 2. The van der Waals surface area contributed by atoms with Crippen LogP contribution in [0.4, 0.5) is 5.69 Å². The van der Waals surface area contributed by atoms with Gasteiger partial charge in [-0.1, -0.05) is 0 Å². The highest BCUT2D eigenvalue weighted by atomic mass is 16.1. The number of nitrogens with one attached hydrogen (secondary N) is 2. The molecule has 6 heteroatoms. The Balaban J connectivity index is 2.15. The highest BCUT2D eigenvalue weighted by molar-refractivity contribution is 5.99. The van der Waals surface area contributed by atoms with Gasteiger partial charge in [-0.2, -0.15) is 0 Å². The Bertz CT molecular complexity index is 730. The summed E-state index contributed by atoms with van der Waals surface area (Å²) in [6.07, 6.45) is 2.00. The molecule has 0 aliphatic carbocycles. The van der Waals surface area contributed by atoms with Crippen molar-refractivity contribution in [3.05, 3.63) is 34.2 Å². The van der Waals surface area contributed by atoms with Gasteiger partial charge in [-0.25, -0.2) is 4.98 Å². The summed E-state index contributed by atoms with van der Waals surface area (Å²) < 4.78 is 0. The number of aromatic nitrogens is 2. The number of rotatable bonds is 2. The maximum Gasteiger partial charge on any atom is 0.266 e. The van der Waals surface area contributed by atoms with Crippen LogP contribution in [0.1, 0.15) is 24.2 Å². The lowest BCUT2D eigenvalue weighted by Crippen LogP contribution is -2.54. The summed E-state index contributed by atoms with van der Waals surface area (Å²) >= 11 is 0. The molecule has 2 unspecified atom stereocenters. The van der Waals surface area contributed by atoms with Gasteiger partial charge in [0.25, 0.3) is 5.56 Å². The van der Waals surface area contributed by atoms with Gasteiger partial charge in [0, 0.05) is 30.7 Å². The number of aromatic amines is 1. The number of aldehydes is 1. The first-order chi connectivity index (χ1) is 10.1. The third-order valence-corrected chi connectivity index (χ3v) is 3.77. The van der Waals surface area contributed by atoms with Gasteiger partial charge in [0.05, 0.1) is 17.4 Å². The molecular weight excluding hydrogens is 268 g/mol. The number of benzene rings is 1. The van der Waals surface area contributed by atoms with Crippen molar-refractivity contribution in [2.75, 3.05) is 18.0 Å². The Labute approximate surface area is 122 Å². The second kappa shape index (κ2) is 5.29. The van der Waals surface area contributed by atoms with Crippen molar-refractivity contribution in [2.45, 2.75) is 25.9 Å². The number of anilines is 1. The van der Waals surface area contributed by atoms with Gasteiger partial charge >= 0.3 is 0 Å². The van der Waals surface area contributed by atoms with Crippen molar-refractivity contribution in [1.29, 1.82) is 0 Å². The maximum absolute atomic E-state index is 11.5. The molecule has 1 saturated heterocycles. The molecule has 110 valence electrons. The van der Waals surface area contributed by atoms with Crippen molar-refractivity contribution in [1.82, 2.24) is 15.3 Å². The van der Waals surface area contributed by atoms with Crippen molar-refractivity contribution in [3.8, 4) is 0 Å². The van der Waals surface area contributed by atoms with Crippen LogP contribution in [0.25, 0.3) is 11.0 Å². The molecular formula is C15H18N4O2. The fraction of sp³-hybridized carbons (Fsp3) is 0.400. The molecule has 3 rings (SSSR count).